The van der Waals surface area contributed by atoms with Crippen molar-refractivity contribution in [2.75, 3.05) is 26.7 Å². The summed E-state index contributed by atoms with van der Waals surface area (Å²) in [6, 6.07) is 4.94. The van der Waals surface area contributed by atoms with Crippen LogP contribution in [0.5, 0.6) is 5.75 Å². The number of amides is 2. The predicted molar refractivity (Wildman–Crippen MR) is 93.1 cm³/mol. The molecule has 1 aliphatic heterocycles. The highest BCUT2D eigenvalue weighted by molar-refractivity contribution is 6.31. The molecule has 128 valence electrons. The summed E-state index contributed by atoms with van der Waals surface area (Å²) in [5, 5.41) is 3.29. The number of carbonyl (C=O) groups is 2. The van der Waals surface area contributed by atoms with Gasteiger partial charge < -0.3 is 15.0 Å². The number of halogens is 1. The van der Waals surface area contributed by atoms with Crippen LogP contribution in [0.1, 0.15) is 29.6 Å². The molecule has 5 nitrogen and oxygen atoms in total. The average molecular weight is 349 g/mol. The first-order chi connectivity index (χ1) is 11.6. The van der Waals surface area contributed by atoms with Crippen molar-refractivity contribution in [3.8, 4) is 18.1 Å². The van der Waals surface area contributed by atoms with Crippen molar-refractivity contribution < 1.29 is 14.3 Å². The zero-order valence-electron chi connectivity index (χ0n) is 13.7. The maximum Gasteiger partial charge on any atom is 0.257 e. The van der Waals surface area contributed by atoms with E-state index in [2.05, 4.69) is 11.2 Å². The summed E-state index contributed by atoms with van der Waals surface area (Å²) in [6.45, 7) is 1.46. The number of likely N-dealkylation sites (tertiary alicyclic amines) is 1. The Labute approximate surface area is 147 Å². The number of hydrogen-bond donors (Lipinski definition) is 1. The summed E-state index contributed by atoms with van der Waals surface area (Å²) < 4.78 is 5.25. The quantitative estimate of drug-likeness (QED) is 0.656. The lowest BCUT2D eigenvalue weighted by molar-refractivity contribution is -0.126. The third-order valence-electron chi connectivity index (χ3n) is 4.04. The lowest BCUT2D eigenvalue weighted by atomic mass is 9.96. The van der Waals surface area contributed by atoms with Gasteiger partial charge in [0.1, 0.15) is 5.75 Å². The zero-order valence-corrected chi connectivity index (χ0v) is 14.4. The topological polar surface area (TPSA) is 58.6 Å². The molecule has 1 unspecified atom stereocenters. The Kier molecular flexibility index (Phi) is 6.51. The van der Waals surface area contributed by atoms with Crippen molar-refractivity contribution in [1.29, 1.82) is 0 Å². The minimum atomic E-state index is -0.217. The maximum atomic E-state index is 12.8. The second-order valence-electron chi connectivity index (χ2n) is 5.68. The van der Waals surface area contributed by atoms with Gasteiger partial charge in [-0.25, -0.2) is 0 Å². The van der Waals surface area contributed by atoms with E-state index in [4.69, 9.17) is 22.8 Å². The Balaban J connectivity index is 2.06. The van der Waals surface area contributed by atoms with Crippen LogP contribution < -0.4 is 10.1 Å². The molecular weight excluding hydrogens is 328 g/mol. The number of hydrogen-bond acceptors (Lipinski definition) is 3. The van der Waals surface area contributed by atoms with Crippen LogP contribution in [0, 0.1) is 18.3 Å². The zero-order chi connectivity index (χ0) is 17.5. The first kappa shape index (κ1) is 18.2. The van der Waals surface area contributed by atoms with Crippen molar-refractivity contribution in [3.05, 3.63) is 28.8 Å². The number of methoxy groups -OCH3 is 1. The molecule has 1 saturated heterocycles. The molecule has 1 aliphatic rings. The second kappa shape index (κ2) is 8.60. The molecule has 2 amide bonds. The highest BCUT2D eigenvalue weighted by Crippen LogP contribution is 2.26. The molecule has 1 N–H and O–H groups in total. The summed E-state index contributed by atoms with van der Waals surface area (Å²) in [4.78, 5) is 26.7. The summed E-state index contributed by atoms with van der Waals surface area (Å²) in [5.74, 6) is 2.52. The molecule has 1 aromatic rings. The third kappa shape index (κ3) is 4.42. The van der Waals surface area contributed by atoms with Gasteiger partial charge in [-0.3, -0.25) is 9.59 Å². The standard InChI is InChI=1S/C18H21ClN2O3/c1-3-4-9-20-17(22)13-6-5-10-21(12-13)18(23)15-11-14(19)7-8-16(15)24-2/h1,7-8,11,13H,4-6,9-10,12H2,2H3,(H,20,22). The van der Waals surface area contributed by atoms with Gasteiger partial charge >= 0.3 is 0 Å². The fourth-order valence-corrected chi connectivity index (χ4v) is 2.97. The smallest absolute Gasteiger partial charge is 0.257 e. The fraction of sp³-hybridized carbons (Fsp3) is 0.444. The lowest BCUT2D eigenvalue weighted by Crippen LogP contribution is -2.45. The summed E-state index contributed by atoms with van der Waals surface area (Å²) >= 11 is 6.00. The van der Waals surface area contributed by atoms with E-state index in [1.165, 1.54) is 7.11 Å². The van der Waals surface area contributed by atoms with Gasteiger partial charge in [-0.05, 0) is 31.0 Å². The Morgan fingerprint density at radius 3 is 3.00 bits per heavy atom. The van der Waals surface area contributed by atoms with Gasteiger partial charge in [0.15, 0.2) is 0 Å². The fourth-order valence-electron chi connectivity index (χ4n) is 2.80. The normalized spacial score (nSPS) is 17.0. The first-order valence-electron chi connectivity index (χ1n) is 7.90. The van der Waals surface area contributed by atoms with Gasteiger partial charge in [-0.2, -0.15) is 0 Å². The van der Waals surface area contributed by atoms with Crippen LogP contribution in [0.2, 0.25) is 5.02 Å². The Morgan fingerprint density at radius 2 is 2.29 bits per heavy atom. The highest BCUT2D eigenvalue weighted by atomic mass is 35.5. The van der Waals surface area contributed by atoms with E-state index in [9.17, 15) is 9.59 Å². The van der Waals surface area contributed by atoms with E-state index in [0.717, 1.165) is 12.8 Å². The molecule has 6 heteroatoms. The molecule has 0 bridgehead atoms. The Bertz CT molecular complexity index is 654. The van der Waals surface area contributed by atoms with Crippen molar-refractivity contribution in [3.63, 3.8) is 0 Å². The number of piperidine rings is 1. The average Bonchev–Trinajstić information content (AvgIpc) is 2.61. The van der Waals surface area contributed by atoms with Gasteiger partial charge in [-0.15, -0.1) is 12.3 Å². The minimum Gasteiger partial charge on any atom is -0.496 e. The Hall–Kier alpha value is -2.19. The molecule has 24 heavy (non-hydrogen) atoms. The molecular formula is C18H21ClN2O3. The molecule has 0 aliphatic carbocycles. The van der Waals surface area contributed by atoms with Crippen LogP contribution in [-0.4, -0.2) is 43.5 Å². The van der Waals surface area contributed by atoms with Crippen molar-refractivity contribution >= 4 is 23.4 Å². The largest absolute Gasteiger partial charge is 0.496 e. The SMILES string of the molecule is C#CCCNC(=O)C1CCCN(C(=O)c2cc(Cl)ccc2OC)C1. The van der Waals surface area contributed by atoms with Crippen LogP contribution >= 0.6 is 11.6 Å². The van der Waals surface area contributed by atoms with E-state index >= 15 is 0 Å². The number of terminal acetylenes is 1. The number of benzene rings is 1. The van der Waals surface area contributed by atoms with E-state index < -0.39 is 0 Å². The van der Waals surface area contributed by atoms with E-state index in [-0.39, 0.29) is 17.7 Å². The van der Waals surface area contributed by atoms with Gasteiger partial charge in [0.2, 0.25) is 5.91 Å². The van der Waals surface area contributed by atoms with E-state index in [0.29, 0.717) is 42.4 Å². The summed E-state index contributed by atoms with van der Waals surface area (Å²) in [7, 11) is 1.51. The van der Waals surface area contributed by atoms with E-state index in [1.807, 2.05) is 0 Å². The number of nitrogens with zero attached hydrogens (tertiary/aromatic N) is 1. The molecule has 1 fully saturated rings. The van der Waals surface area contributed by atoms with Crippen molar-refractivity contribution in [1.82, 2.24) is 10.2 Å². The third-order valence-corrected chi connectivity index (χ3v) is 4.27. The molecule has 1 aromatic carbocycles. The van der Waals surface area contributed by atoms with Gasteiger partial charge in [0, 0.05) is 31.1 Å². The molecule has 2 rings (SSSR count). The highest BCUT2D eigenvalue weighted by Gasteiger charge is 2.29. The van der Waals surface area contributed by atoms with Gasteiger partial charge in [-0.1, -0.05) is 11.6 Å². The van der Waals surface area contributed by atoms with Gasteiger partial charge in [0.05, 0.1) is 18.6 Å². The molecule has 0 aromatic heterocycles. The van der Waals surface area contributed by atoms with Crippen LogP contribution in [0.4, 0.5) is 0 Å². The van der Waals surface area contributed by atoms with E-state index in [1.54, 1.807) is 23.1 Å². The summed E-state index contributed by atoms with van der Waals surface area (Å²) in [5.41, 5.74) is 0.415. The van der Waals surface area contributed by atoms with Crippen LogP contribution in [-0.2, 0) is 4.79 Å². The molecule has 1 atom stereocenters. The predicted octanol–water partition coefficient (Wildman–Crippen LogP) is 2.34. The summed E-state index contributed by atoms with van der Waals surface area (Å²) in [6.07, 6.45) is 7.22. The van der Waals surface area contributed by atoms with Crippen molar-refractivity contribution in [2.24, 2.45) is 5.92 Å². The van der Waals surface area contributed by atoms with Crippen molar-refractivity contribution in [2.45, 2.75) is 19.3 Å². The number of rotatable bonds is 5. The first-order valence-corrected chi connectivity index (χ1v) is 8.28. The number of nitrogens with one attached hydrogen (secondary N) is 1. The molecule has 0 radical (unpaired) electrons. The van der Waals surface area contributed by atoms with Gasteiger partial charge in [0.25, 0.3) is 5.91 Å². The molecule has 1 heterocycles. The number of carbonyl (C=O) groups excluding carboxylic acids is 2. The Morgan fingerprint density at radius 1 is 1.50 bits per heavy atom. The van der Waals surface area contributed by atoms with Crippen LogP contribution in [0.25, 0.3) is 0 Å². The molecule has 0 saturated carbocycles. The van der Waals surface area contributed by atoms with Crippen LogP contribution in [0.3, 0.4) is 0 Å². The molecule has 0 spiro atoms. The second-order valence-corrected chi connectivity index (χ2v) is 6.12. The van der Waals surface area contributed by atoms with Crippen LogP contribution in [0.15, 0.2) is 18.2 Å². The maximum absolute atomic E-state index is 12.8. The lowest BCUT2D eigenvalue weighted by Gasteiger charge is -2.32. The monoisotopic (exact) mass is 348 g/mol. The minimum absolute atomic E-state index is 0.0548. The number of ether oxygens (including phenoxy) is 1.